The summed E-state index contributed by atoms with van der Waals surface area (Å²) in [6.07, 6.45) is -0.582. The van der Waals surface area contributed by atoms with Crippen molar-refractivity contribution in [3.05, 3.63) is 0 Å². The highest BCUT2D eigenvalue weighted by Gasteiger charge is 2.57. The molecule has 0 saturated carbocycles. The van der Waals surface area contributed by atoms with Gasteiger partial charge in [-0.25, -0.2) is 0 Å². The van der Waals surface area contributed by atoms with Crippen LogP contribution in [0.25, 0.3) is 0 Å². The van der Waals surface area contributed by atoms with E-state index in [1.54, 1.807) is 0 Å². The topological polar surface area (TPSA) is 90.6 Å². The van der Waals surface area contributed by atoms with Gasteiger partial charge in [-0.05, 0) is 75.2 Å². The smallest absolute Gasteiger partial charge is 0.457 e. The normalized spacial score (nSPS) is 15.3. The zero-order valence-corrected chi connectivity index (χ0v) is 24.3. The summed E-state index contributed by atoms with van der Waals surface area (Å²) in [7, 11) is -6.96. The Morgan fingerprint density at radius 1 is 0.633 bits per heavy atom. The molecule has 180 valence electrons. The summed E-state index contributed by atoms with van der Waals surface area (Å²) in [6.45, 7) is 23.5. The molecule has 8 nitrogen and oxygen atoms in total. The number of hydrogen-bond donors (Lipinski definition) is 1. The predicted molar refractivity (Wildman–Crippen MR) is 124 cm³/mol. The quantitative estimate of drug-likeness (QED) is 0.328. The van der Waals surface area contributed by atoms with Crippen LogP contribution >= 0.6 is 0 Å². The van der Waals surface area contributed by atoms with Crippen LogP contribution in [0.3, 0.4) is 0 Å². The van der Waals surface area contributed by atoms with Crippen LogP contribution in [0.2, 0.25) is 6.04 Å². The van der Waals surface area contributed by atoms with E-state index in [0.29, 0.717) is 6.04 Å². The van der Waals surface area contributed by atoms with Gasteiger partial charge in [0, 0.05) is 36.6 Å². The molecule has 0 aromatic rings. The second kappa shape index (κ2) is 14.0. The monoisotopic (exact) mass is 483 g/mol. The van der Waals surface area contributed by atoms with Gasteiger partial charge in [-0.3, -0.25) is 5.40 Å². The van der Waals surface area contributed by atoms with Crippen molar-refractivity contribution >= 4 is 32.9 Å². The fourth-order valence-electron chi connectivity index (χ4n) is 2.70. The Balaban J connectivity index is 6.13. The second-order valence-electron chi connectivity index (χ2n) is 9.26. The number of hydrogen-bond acceptors (Lipinski definition) is 8. The van der Waals surface area contributed by atoms with E-state index in [1.807, 2.05) is 69.2 Å². The van der Waals surface area contributed by atoms with Crippen molar-refractivity contribution in [2.75, 3.05) is 0 Å². The highest BCUT2D eigenvalue weighted by molar-refractivity contribution is 6.76. The molecule has 0 aromatic heterocycles. The molecule has 11 heteroatoms. The van der Waals surface area contributed by atoms with Gasteiger partial charge in [0.05, 0.1) is 0 Å². The van der Waals surface area contributed by atoms with Crippen molar-refractivity contribution in [3.8, 4) is 0 Å². The fraction of sp³-hybridized carbons (Fsp3) is 1.00. The third-order valence-corrected chi connectivity index (χ3v) is 13.1. The third kappa shape index (κ3) is 13.9. The molecule has 0 spiro atoms. The van der Waals surface area contributed by atoms with Crippen LogP contribution in [0, 0.1) is 5.92 Å². The van der Waals surface area contributed by atoms with E-state index >= 15 is 0 Å². The largest absolute Gasteiger partial charge is 0.897 e. The van der Waals surface area contributed by atoms with E-state index < -0.39 is 32.9 Å². The van der Waals surface area contributed by atoms with Crippen molar-refractivity contribution < 1.29 is 28.4 Å². The predicted octanol–water partition coefficient (Wildman–Crippen LogP) is 4.12. The molecule has 0 saturated heterocycles. The average molecular weight is 484 g/mol. The summed E-state index contributed by atoms with van der Waals surface area (Å²) in [4.78, 5) is 0. The molecule has 0 aliphatic heterocycles. The van der Waals surface area contributed by atoms with Crippen LogP contribution in [0.1, 0.15) is 83.1 Å². The highest BCUT2D eigenvalue weighted by atomic mass is 28.5. The first-order valence-electron chi connectivity index (χ1n) is 11.1. The lowest BCUT2D eigenvalue weighted by molar-refractivity contribution is 0.00496. The van der Waals surface area contributed by atoms with Crippen molar-refractivity contribution in [1.29, 1.82) is 0 Å². The summed E-state index contributed by atoms with van der Waals surface area (Å²) < 4.78 is 43.4. The Hall–Kier alpha value is 0.646. The van der Waals surface area contributed by atoms with Gasteiger partial charge < -0.3 is 28.4 Å². The molecule has 0 fully saturated rings. The van der Waals surface area contributed by atoms with Gasteiger partial charge in [0.25, 0.3) is 0 Å². The molecule has 0 aromatic carbocycles. The van der Waals surface area contributed by atoms with Gasteiger partial charge >= 0.3 is 32.9 Å². The van der Waals surface area contributed by atoms with Gasteiger partial charge in [0.2, 0.25) is 0 Å². The highest BCUT2D eigenvalue weighted by Crippen LogP contribution is 2.28. The Morgan fingerprint density at radius 3 is 1.33 bits per heavy atom. The van der Waals surface area contributed by atoms with Gasteiger partial charge in [-0.1, -0.05) is 13.8 Å². The van der Waals surface area contributed by atoms with Crippen LogP contribution < -0.4 is 5.40 Å². The zero-order valence-electron chi connectivity index (χ0n) is 21.2. The van der Waals surface area contributed by atoms with E-state index in [9.17, 15) is 0 Å². The van der Waals surface area contributed by atoms with Crippen molar-refractivity contribution in [1.82, 2.24) is 0 Å². The fourth-order valence-corrected chi connectivity index (χ4v) is 12.3. The van der Waals surface area contributed by atoms with Crippen LogP contribution in [0.15, 0.2) is 0 Å². The summed E-state index contributed by atoms with van der Waals surface area (Å²) in [5.41, 5.74) is 0. The summed E-state index contributed by atoms with van der Waals surface area (Å²) >= 11 is -2.59. The molecule has 0 bridgehead atoms. The Morgan fingerprint density at radius 2 is 1.03 bits per heavy atom. The van der Waals surface area contributed by atoms with Crippen molar-refractivity contribution in [3.63, 3.8) is 0 Å². The maximum absolute atomic E-state index is 6.60. The molecule has 0 aliphatic carbocycles. The molecule has 2 N–H and O–H groups in total. The second-order valence-corrected chi connectivity index (χ2v) is 15.8. The Labute approximate surface area is 192 Å². The van der Waals surface area contributed by atoms with Crippen molar-refractivity contribution in [2.45, 2.75) is 120 Å². The Kier molecular flexibility index (Phi) is 14.3. The van der Waals surface area contributed by atoms with E-state index in [4.69, 9.17) is 33.8 Å². The molecule has 0 amide bonds. The first-order valence-corrected chi connectivity index (χ1v) is 16.2. The third-order valence-electron chi connectivity index (χ3n) is 3.21. The maximum Gasteiger partial charge on any atom is 0.897 e. The lowest BCUT2D eigenvalue weighted by Gasteiger charge is -2.40. The molecule has 30 heavy (non-hydrogen) atoms. The van der Waals surface area contributed by atoms with Gasteiger partial charge in [-0.2, -0.15) is 0 Å². The minimum atomic E-state index is -3.57. The molecular formula is C19H46AlNO7Si2. The molecule has 0 heterocycles. The van der Waals surface area contributed by atoms with Gasteiger partial charge in [-0.15, -0.1) is 0 Å². The first-order chi connectivity index (χ1) is 13.6. The van der Waals surface area contributed by atoms with E-state index in [-0.39, 0.29) is 36.4 Å². The van der Waals surface area contributed by atoms with Gasteiger partial charge in [0.1, 0.15) is 0 Å². The van der Waals surface area contributed by atoms with Gasteiger partial charge in [0.15, 0.2) is 0 Å². The molecule has 0 rings (SSSR count). The van der Waals surface area contributed by atoms with Crippen LogP contribution in [0.4, 0.5) is 0 Å². The molecule has 0 unspecified atom stereocenters. The molecule has 0 radical (unpaired) electrons. The first kappa shape index (κ1) is 30.6. The summed E-state index contributed by atoms with van der Waals surface area (Å²) in [6, 6.07) is 0.548. The van der Waals surface area contributed by atoms with E-state index in [2.05, 4.69) is 13.8 Å². The number of nitrogens with two attached hydrogens (primary N) is 1. The van der Waals surface area contributed by atoms with Crippen molar-refractivity contribution in [2.24, 2.45) is 11.3 Å². The average Bonchev–Trinajstić information content (AvgIpc) is 2.40. The number of rotatable bonds is 16. The van der Waals surface area contributed by atoms with E-state index in [0.717, 1.165) is 0 Å². The summed E-state index contributed by atoms with van der Waals surface area (Å²) in [5, 5.41) is 6.60. The van der Waals surface area contributed by atoms with Crippen LogP contribution in [0.5, 0.6) is 0 Å². The molecule has 1 atom stereocenters. The van der Waals surface area contributed by atoms with Crippen LogP contribution in [-0.2, 0) is 28.4 Å². The van der Waals surface area contributed by atoms with E-state index in [1.165, 1.54) is 0 Å². The summed E-state index contributed by atoms with van der Waals surface area (Å²) in [5.74, 6) is 0.236. The standard InChI is InChI=1S/C13H32NO5Si2.2C3H7O.Al/c1-10(2)9-20(15,16-11(3)4)19-21(14,17-12(5)6)18-13(7)8;2*1-3(2)4;/h10-13H,9,14H2,1-8H3;2*3H,1-2H3;/q3*-1;+3/t20-;;;/m0.../s1. The minimum absolute atomic E-state index is 0.0519. The molecule has 0 aliphatic rings. The molecular weight excluding hydrogens is 437 g/mol. The Bertz CT molecular complexity index is 438. The van der Waals surface area contributed by atoms with Crippen LogP contribution in [-0.4, -0.2) is 63.4 Å². The minimum Gasteiger partial charge on any atom is -0.457 e. The zero-order chi connectivity index (χ0) is 23.7. The maximum atomic E-state index is 6.60. The lowest BCUT2D eigenvalue weighted by atomic mass is 10.3. The SMILES string of the molecule is CC(C)C[Si@@](OC(C)C)([O][Al]([O]C(C)C)[O]C(C)C)O[Si](N)(OC(C)C)OC(C)C. The lowest BCUT2D eigenvalue weighted by Crippen LogP contribution is -2.67.